The Kier molecular flexibility index (Phi) is 24.4. The monoisotopic (exact) mass is 894 g/mol. The third-order valence-electron chi connectivity index (χ3n) is 10.8. The standard InChI is InChI=1S/C50H70O14/c1-8-9-10-11-12-13-14-15-16-17-18-19-20-21-22-23-46(51)61-33-50(34-62-47(52)37-24-40(55-2)30-41(25-37)56-3,35-63-48(53)38-26-42(57-4)31-43(27-38)58-5)36-64-49(54)39-28-44(59-6)32-45(29-39)60-7/h24-32H,8-23,33-36H2,1-7H3. The number of benzene rings is 3. The Morgan fingerprint density at radius 2 is 0.609 bits per heavy atom. The minimum Gasteiger partial charge on any atom is -0.497 e. The lowest BCUT2D eigenvalue weighted by atomic mass is 9.92. The Labute approximate surface area is 379 Å². The molecule has 0 atom stereocenters. The van der Waals surface area contributed by atoms with Crippen LogP contribution in [-0.4, -0.2) is 93.0 Å². The number of carbonyl (C=O) groups excluding carboxylic acids is 4. The van der Waals surface area contributed by atoms with E-state index in [4.69, 9.17) is 47.4 Å². The van der Waals surface area contributed by atoms with Crippen LogP contribution in [0.1, 0.15) is 141 Å². The number of carbonyl (C=O) groups is 4. The Balaban J connectivity index is 1.77. The summed E-state index contributed by atoms with van der Waals surface area (Å²) < 4.78 is 55.3. The number of esters is 4. The highest BCUT2D eigenvalue weighted by molar-refractivity contribution is 5.92. The summed E-state index contributed by atoms with van der Waals surface area (Å²) in [6, 6.07) is 13.6. The van der Waals surface area contributed by atoms with Crippen molar-refractivity contribution in [3.8, 4) is 34.5 Å². The van der Waals surface area contributed by atoms with E-state index in [1.807, 2.05) is 0 Å². The molecule has 14 nitrogen and oxygen atoms in total. The zero-order chi connectivity index (χ0) is 46.6. The van der Waals surface area contributed by atoms with E-state index in [1.54, 1.807) is 18.2 Å². The van der Waals surface area contributed by atoms with Gasteiger partial charge in [0.1, 0.15) is 66.3 Å². The molecule has 64 heavy (non-hydrogen) atoms. The van der Waals surface area contributed by atoms with Crippen molar-refractivity contribution in [2.24, 2.45) is 5.41 Å². The minimum absolute atomic E-state index is 0.0937. The van der Waals surface area contributed by atoms with Gasteiger partial charge in [-0.2, -0.15) is 0 Å². The normalized spacial score (nSPS) is 11.0. The van der Waals surface area contributed by atoms with E-state index >= 15 is 0 Å². The molecule has 0 aliphatic carbocycles. The number of ether oxygens (including phenoxy) is 10. The van der Waals surface area contributed by atoms with Crippen molar-refractivity contribution in [2.45, 2.75) is 110 Å². The first-order valence-electron chi connectivity index (χ1n) is 22.4. The van der Waals surface area contributed by atoms with Crippen LogP contribution in [0.15, 0.2) is 54.6 Å². The molecule has 3 rings (SSSR count). The molecule has 0 heterocycles. The van der Waals surface area contributed by atoms with E-state index in [9.17, 15) is 19.2 Å². The van der Waals surface area contributed by atoms with Crippen LogP contribution >= 0.6 is 0 Å². The molecule has 0 bridgehead atoms. The van der Waals surface area contributed by atoms with Crippen LogP contribution in [0.4, 0.5) is 0 Å². The predicted molar refractivity (Wildman–Crippen MR) is 242 cm³/mol. The molecule has 0 aliphatic rings. The summed E-state index contributed by atoms with van der Waals surface area (Å²) >= 11 is 0. The van der Waals surface area contributed by atoms with Crippen LogP contribution in [-0.2, 0) is 23.7 Å². The molecule has 354 valence electrons. The quantitative estimate of drug-likeness (QED) is 0.0323. The van der Waals surface area contributed by atoms with E-state index in [1.165, 1.54) is 150 Å². The smallest absolute Gasteiger partial charge is 0.338 e. The van der Waals surface area contributed by atoms with E-state index in [2.05, 4.69) is 6.92 Å². The lowest BCUT2D eigenvalue weighted by Gasteiger charge is -2.31. The maximum atomic E-state index is 13.6. The Hall–Kier alpha value is -5.66. The zero-order valence-electron chi connectivity index (χ0n) is 39.1. The molecule has 0 amide bonds. The molecule has 3 aromatic rings. The first kappa shape index (κ1) is 52.7. The van der Waals surface area contributed by atoms with Crippen molar-refractivity contribution in [3.63, 3.8) is 0 Å². The summed E-state index contributed by atoms with van der Waals surface area (Å²) in [5, 5.41) is 0. The number of hydrogen-bond donors (Lipinski definition) is 0. The van der Waals surface area contributed by atoms with E-state index in [-0.39, 0.29) is 23.1 Å². The molecule has 0 aliphatic heterocycles. The summed E-state index contributed by atoms with van der Waals surface area (Å²) in [6.07, 6.45) is 18.0. The molecule has 14 heteroatoms. The molecule has 0 unspecified atom stereocenters. The summed E-state index contributed by atoms with van der Waals surface area (Å²) in [7, 11) is 8.67. The van der Waals surface area contributed by atoms with Gasteiger partial charge in [0.25, 0.3) is 0 Å². The van der Waals surface area contributed by atoms with Crippen molar-refractivity contribution < 1.29 is 66.5 Å². The van der Waals surface area contributed by atoms with Crippen LogP contribution in [0.5, 0.6) is 34.5 Å². The lowest BCUT2D eigenvalue weighted by Crippen LogP contribution is -2.44. The van der Waals surface area contributed by atoms with E-state index in [0.29, 0.717) is 40.9 Å². The van der Waals surface area contributed by atoms with Gasteiger partial charge < -0.3 is 47.4 Å². The third kappa shape index (κ3) is 19.0. The number of unbranched alkanes of at least 4 members (excludes halogenated alkanes) is 14. The molecule has 0 saturated heterocycles. The van der Waals surface area contributed by atoms with Crippen LogP contribution in [0.2, 0.25) is 0 Å². The highest BCUT2D eigenvalue weighted by atomic mass is 16.6. The van der Waals surface area contributed by atoms with Crippen molar-refractivity contribution >= 4 is 23.9 Å². The Morgan fingerprint density at radius 1 is 0.359 bits per heavy atom. The average molecular weight is 895 g/mol. The molecule has 0 fully saturated rings. The second-order valence-corrected chi connectivity index (χ2v) is 15.9. The van der Waals surface area contributed by atoms with Crippen LogP contribution < -0.4 is 28.4 Å². The molecule has 0 N–H and O–H groups in total. The first-order chi connectivity index (χ1) is 31.0. The van der Waals surface area contributed by atoms with Gasteiger partial charge in [0.05, 0.1) is 59.3 Å². The SMILES string of the molecule is CCCCCCCCCCCCCCCCCC(=O)OCC(COC(=O)c1cc(OC)cc(OC)c1)(COC(=O)c1cc(OC)cc(OC)c1)COC(=O)c1cc(OC)cc(OC)c1. The second kappa shape index (κ2) is 29.7. The number of rotatable bonds is 33. The van der Waals surface area contributed by atoms with Gasteiger partial charge in [0, 0.05) is 24.6 Å². The molecule has 0 aromatic heterocycles. The fourth-order valence-electron chi connectivity index (χ4n) is 6.88. The van der Waals surface area contributed by atoms with Crippen molar-refractivity contribution in [2.75, 3.05) is 69.1 Å². The summed E-state index contributed by atoms with van der Waals surface area (Å²) in [4.78, 5) is 54.2. The minimum atomic E-state index is -1.60. The van der Waals surface area contributed by atoms with Crippen LogP contribution in [0.25, 0.3) is 0 Å². The third-order valence-corrected chi connectivity index (χ3v) is 10.8. The highest BCUT2D eigenvalue weighted by Crippen LogP contribution is 2.29. The molecule has 0 radical (unpaired) electrons. The fourth-order valence-corrected chi connectivity index (χ4v) is 6.88. The largest absolute Gasteiger partial charge is 0.497 e. The van der Waals surface area contributed by atoms with Gasteiger partial charge in [0.2, 0.25) is 0 Å². The second-order valence-electron chi connectivity index (χ2n) is 15.9. The van der Waals surface area contributed by atoms with Gasteiger partial charge in [-0.3, -0.25) is 4.79 Å². The zero-order valence-corrected chi connectivity index (χ0v) is 39.1. The fraction of sp³-hybridized carbons (Fsp3) is 0.560. The Morgan fingerprint density at radius 3 is 0.875 bits per heavy atom. The maximum Gasteiger partial charge on any atom is 0.338 e. The average Bonchev–Trinajstić information content (AvgIpc) is 3.33. The van der Waals surface area contributed by atoms with Gasteiger partial charge in [-0.1, -0.05) is 96.8 Å². The predicted octanol–water partition coefficient (Wildman–Crippen LogP) is 10.4. The first-order valence-corrected chi connectivity index (χ1v) is 22.4. The molecule has 0 saturated carbocycles. The van der Waals surface area contributed by atoms with E-state index in [0.717, 1.165) is 19.3 Å². The summed E-state index contributed by atoms with van der Waals surface area (Å²) in [5.41, 5.74) is -1.32. The molecular weight excluding hydrogens is 825 g/mol. The summed E-state index contributed by atoms with van der Waals surface area (Å²) in [5.74, 6) is -0.825. The maximum absolute atomic E-state index is 13.6. The van der Waals surface area contributed by atoms with Gasteiger partial charge >= 0.3 is 23.9 Å². The van der Waals surface area contributed by atoms with Gasteiger partial charge in [-0.15, -0.1) is 0 Å². The van der Waals surface area contributed by atoms with E-state index < -0.39 is 55.7 Å². The Bertz CT molecular complexity index is 1640. The van der Waals surface area contributed by atoms with Gasteiger partial charge in [-0.25, -0.2) is 14.4 Å². The number of methoxy groups -OCH3 is 6. The molecule has 0 spiro atoms. The van der Waals surface area contributed by atoms with Crippen molar-refractivity contribution in [3.05, 3.63) is 71.3 Å². The van der Waals surface area contributed by atoms with Gasteiger partial charge in [-0.05, 0) is 42.8 Å². The van der Waals surface area contributed by atoms with Crippen molar-refractivity contribution in [1.29, 1.82) is 0 Å². The highest BCUT2D eigenvalue weighted by Gasteiger charge is 2.39. The number of hydrogen-bond acceptors (Lipinski definition) is 14. The lowest BCUT2D eigenvalue weighted by molar-refractivity contribution is -0.151. The van der Waals surface area contributed by atoms with Crippen molar-refractivity contribution in [1.82, 2.24) is 0 Å². The van der Waals surface area contributed by atoms with Crippen LogP contribution in [0.3, 0.4) is 0 Å². The molecule has 3 aromatic carbocycles. The molecular formula is C50H70O14. The van der Waals surface area contributed by atoms with Gasteiger partial charge in [0.15, 0.2) is 0 Å². The topological polar surface area (TPSA) is 161 Å². The van der Waals surface area contributed by atoms with Crippen LogP contribution in [0, 0.1) is 5.41 Å². The summed E-state index contributed by atoms with van der Waals surface area (Å²) in [6.45, 7) is 0.265.